The molecule has 0 aliphatic rings. The standard InChI is InChI=1S/C9H13ClN6O2/c1-6-12-4-7(8(11)13-6)5-16(3-2-10)9(17)14-15-18/h4H,2-3,5H2,1H3,(H2,11,12,13)(H,14,17,18). The third-order valence-electron chi connectivity index (χ3n) is 2.16. The summed E-state index contributed by atoms with van der Waals surface area (Å²) in [7, 11) is 0. The van der Waals surface area contributed by atoms with Crippen molar-refractivity contribution in [1.82, 2.24) is 20.3 Å². The summed E-state index contributed by atoms with van der Waals surface area (Å²) in [4.78, 5) is 30.8. The van der Waals surface area contributed by atoms with Crippen LogP contribution in [-0.4, -0.2) is 33.3 Å². The molecule has 0 aromatic carbocycles. The monoisotopic (exact) mass is 272 g/mol. The van der Waals surface area contributed by atoms with Crippen molar-refractivity contribution in [2.24, 2.45) is 5.29 Å². The number of anilines is 1. The number of nitrogens with two attached hydrogens (primary N) is 1. The summed E-state index contributed by atoms with van der Waals surface area (Å²) >= 11 is 5.58. The topological polar surface area (TPSA) is 114 Å². The Hall–Kier alpha value is -1.96. The molecule has 0 unspecified atom stereocenters. The van der Waals surface area contributed by atoms with Crippen molar-refractivity contribution >= 4 is 23.4 Å². The molecule has 18 heavy (non-hydrogen) atoms. The molecule has 1 rings (SSSR count). The minimum Gasteiger partial charge on any atom is -0.383 e. The van der Waals surface area contributed by atoms with Gasteiger partial charge in [0.1, 0.15) is 11.6 Å². The van der Waals surface area contributed by atoms with Crippen molar-refractivity contribution in [3.05, 3.63) is 22.5 Å². The van der Waals surface area contributed by atoms with Gasteiger partial charge in [-0.25, -0.2) is 14.8 Å². The largest absolute Gasteiger partial charge is 0.383 e. The van der Waals surface area contributed by atoms with E-state index in [4.69, 9.17) is 17.3 Å². The molecule has 0 fully saturated rings. The molecule has 1 heterocycles. The summed E-state index contributed by atoms with van der Waals surface area (Å²) in [5.41, 5.74) is 8.09. The van der Waals surface area contributed by atoms with Gasteiger partial charge in [0.05, 0.1) is 11.8 Å². The molecule has 3 N–H and O–H groups in total. The number of nitroso groups, excluding NO2 is 1. The van der Waals surface area contributed by atoms with Crippen LogP contribution in [0.25, 0.3) is 0 Å². The maximum Gasteiger partial charge on any atom is 0.340 e. The van der Waals surface area contributed by atoms with Gasteiger partial charge < -0.3 is 10.6 Å². The molecule has 8 nitrogen and oxygen atoms in total. The van der Waals surface area contributed by atoms with Crippen LogP contribution in [0.15, 0.2) is 11.5 Å². The summed E-state index contributed by atoms with van der Waals surface area (Å²) in [6.07, 6.45) is 1.53. The predicted molar refractivity (Wildman–Crippen MR) is 66.6 cm³/mol. The van der Waals surface area contributed by atoms with Crippen LogP contribution in [0.4, 0.5) is 10.6 Å². The van der Waals surface area contributed by atoms with Gasteiger partial charge in [0, 0.05) is 24.2 Å². The highest BCUT2D eigenvalue weighted by molar-refractivity contribution is 6.18. The van der Waals surface area contributed by atoms with Gasteiger partial charge in [-0.1, -0.05) is 0 Å². The van der Waals surface area contributed by atoms with E-state index in [1.54, 1.807) is 12.3 Å². The number of rotatable bonds is 5. The van der Waals surface area contributed by atoms with Crippen LogP contribution in [-0.2, 0) is 6.54 Å². The number of alkyl halides is 1. The molecule has 0 saturated heterocycles. The quantitative estimate of drug-likeness (QED) is 0.467. The third kappa shape index (κ3) is 3.81. The Morgan fingerprint density at radius 1 is 1.67 bits per heavy atom. The van der Waals surface area contributed by atoms with E-state index in [-0.39, 0.29) is 24.8 Å². The number of hydrogen-bond donors (Lipinski definition) is 2. The maximum atomic E-state index is 11.5. The number of hydrogen-bond acceptors (Lipinski definition) is 6. The summed E-state index contributed by atoms with van der Waals surface area (Å²) in [5.74, 6) is 1.05. The van der Waals surface area contributed by atoms with Crippen LogP contribution in [0.1, 0.15) is 11.4 Å². The van der Waals surface area contributed by atoms with Gasteiger partial charge in [-0.3, -0.25) is 0 Å². The number of nitrogens with zero attached hydrogens (tertiary/aromatic N) is 4. The number of carbonyl (C=O) groups excluding carboxylic acids is 1. The third-order valence-corrected chi connectivity index (χ3v) is 2.33. The van der Waals surface area contributed by atoms with E-state index in [0.29, 0.717) is 11.4 Å². The van der Waals surface area contributed by atoms with E-state index < -0.39 is 6.03 Å². The second kappa shape index (κ2) is 6.70. The molecule has 98 valence electrons. The van der Waals surface area contributed by atoms with Gasteiger partial charge in [0.25, 0.3) is 0 Å². The van der Waals surface area contributed by atoms with Gasteiger partial charge in [-0.05, 0) is 6.92 Å². The number of halogens is 1. The molecule has 1 aromatic rings. The average Bonchev–Trinajstić information content (AvgIpc) is 2.32. The number of nitrogens with one attached hydrogen (secondary N) is 1. The first-order valence-corrected chi connectivity index (χ1v) is 5.63. The van der Waals surface area contributed by atoms with E-state index in [1.807, 2.05) is 0 Å². The molecule has 2 amide bonds. The lowest BCUT2D eigenvalue weighted by molar-refractivity contribution is 0.199. The van der Waals surface area contributed by atoms with Gasteiger partial charge in [-0.2, -0.15) is 5.43 Å². The molecule has 9 heteroatoms. The molecule has 0 radical (unpaired) electrons. The predicted octanol–water partition coefficient (Wildman–Crippen LogP) is 0.799. The lowest BCUT2D eigenvalue weighted by Gasteiger charge is -2.20. The van der Waals surface area contributed by atoms with E-state index in [0.717, 1.165) is 0 Å². The molecule has 0 saturated carbocycles. The van der Waals surface area contributed by atoms with E-state index in [2.05, 4.69) is 15.3 Å². The van der Waals surface area contributed by atoms with Crippen molar-refractivity contribution in [2.45, 2.75) is 13.5 Å². The summed E-state index contributed by atoms with van der Waals surface area (Å²) in [6, 6.07) is -0.648. The lowest BCUT2D eigenvalue weighted by atomic mass is 10.3. The number of urea groups is 1. The van der Waals surface area contributed by atoms with Crippen LogP contribution in [0.5, 0.6) is 0 Å². The number of carbonyl (C=O) groups is 1. The van der Waals surface area contributed by atoms with Crippen molar-refractivity contribution in [1.29, 1.82) is 0 Å². The molecule has 0 atom stereocenters. The Kier molecular flexibility index (Phi) is 5.25. The average molecular weight is 273 g/mol. The van der Waals surface area contributed by atoms with Crippen molar-refractivity contribution in [3.8, 4) is 0 Å². The summed E-state index contributed by atoms with van der Waals surface area (Å²) in [5, 5.41) is 2.32. The van der Waals surface area contributed by atoms with Crippen LogP contribution in [0.2, 0.25) is 0 Å². The zero-order valence-electron chi connectivity index (χ0n) is 9.76. The zero-order chi connectivity index (χ0) is 13.5. The Morgan fingerprint density at radius 2 is 2.39 bits per heavy atom. The zero-order valence-corrected chi connectivity index (χ0v) is 10.5. The Bertz CT molecular complexity index is 441. The number of aromatic nitrogens is 2. The number of amides is 2. The maximum absolute atomic E-state index is 11.5. The Morgan fingerprint density at radius 3 is 2.94 bits per heavy atom. The van der Waals surface area contributed by atoms with E-state index >= 15 is 0 Å². The Balaban J connectivity index is 2.82. The minimum atomic E-state index is -0.648. The number of nitrogen functional groups attached to an aromatic ring is 1. The molecule has 0 spiro atoms. The van der Waals surface area contributed by atoms with Crippen molar-refractivity contribution in [3.63, 3.8) is 0 Å². The first-order valence-electron chi connectivity index (χ1n) is 5.09. The molecule has 0 bridgehead atoms. The second-order valence-electron chi connectivity index (χ2n) is 3.45. The SMILES string of the molecule is Cc1ncc(CN(CCCl)C(=O)NN=O)c(N)n1. The second-order valence-corrected chi connectivity index (χ2v) is 3.82. The first kappa shape index (κ1) is 14.1. The van der Waals surface area contributed by atoms with Gasteiger partial charge in [-0.15, -0.1) is 16.5 Å². The fourth-order valence-corrected chi connectivity index (χ4v) is 1.51. The molecular formula is C9H13ClN6O2. The highest BCUT2D eigenvalue weighted by atomic mass is 35.5. The van der Waals surface area contributed by atoms with E-state index in [9.17, 15) is 9.70 Å². The highest BCUT2D eigenvalue weighted by Gasteiger charge is 2.15. The highest BCUT2D eigenvalue weighted by Crippen LogP contribution is 2.11. The fraction of sp³-hybridized carbons (Fsp3) is 0.444. The van der Waals surface area contributed by atoms with Crippen LogP contribution < -0.4 is 11.2 Å². The smallest absolute Gasteiger partial charge is 0.340 e. The molecule has 0 aliphatic carbocycles. The molecular weight excluding hydrogens is 260 g/mol. The first-order chi connectivity index (χ1) is 8.58. The van der Waals surface area contributed by atoms with E-state index in [1.165, 1.54) is 11.1 Å². The Labute approximate surface area is 108 Å². The van der Waals surface area contributed by atoms with Crippen LogP contribution in [0.3, 0.4) is 0 Å². The summed E-state index contributed by atoms with van der Waals surface area (Å²) in [6.45, 7) is 2.11. The van der Waals surface area contributed by atoms with Crippen molar-refractivity contribution in [2.75, 3.05) is 18.2 Å². The van der Waals surface area contributed by atoms with Gasteiger partial charge in [0.2, 0.25) is 0 Å². The van der Waals surface area contributed by atoms with Crippen molar-refractivity contribution < 1.29 is 4.79 Å². The normalized spacial score (nSPS) is 9.89. The minimum absolute atomic E-state index is 0.153. The molecule has 1 aromatic heterocycles. The number of aryl methyl sites for hydroxylation is 1. The molecule has 0 aliphatic heterocycles. The van der Waals surface area contributed by atoms with Crippen LogP contribution >= 0.6 is 11.6 Å². The summed E-state index contributed by atoms with van der Waals surface area (Å²) < 4.78 is 0. The lowest BCUT2D eigenvalue weighted by Crippen LogP contribution is -2.38. The van der Waals surface area contributed by atoms with Crippen LogP contribution in [0, 0.1) is 11.8 Å². The van der Waals surface area contributed by atoms with Gasteiger partial charge in [0.15, 0.2) is 0 Å². The van der Waals surface area contributed by atoms with Gasteiger partial charge >= 0.3 is 6.03 Å². The fourth-order valence-electron chi connectivity index (χ4n) is 1.30.